The minimum absolute atomic E-state index is 0.0880. The molecule has 1 N–H and O–H groups in total. The highest BCUT2D eigenvalue weighted by atomic mass is 35.5. The highest BCUT2D eigenvalue weighted by molar-refractivity contribution is 6.34. The summed E-state index contributed by atoms with van der Waals surface area (Å²) in [6.07, 6.45) is 4.05. The van der Waals surface area contributed by atoms with E-state index >= 15 is 0 Å². The van der Waals surface area contributed by atoms with Gasteiger partial charge in [-0.1, -0.05) is 83.9 Å². The number of aliphatic hydroxyl groups is 1. The van der Waals surface area contributed by atoms with Gasteiger partial charge in [0.1, 0.15) is 18.8 Å². The van der Waals surface area contributed by atoms with Gasteiger partial charge < -0.3 is 18.7 Å². The fraction of sp³-hybridized carbons (Fsp3) is 0.300. The molecule has 4 aromatic rings. The van der Waals surface area contributed by atoms with Crippen LogP contribution in [0, 0.1) is 5.92 Å². The summed E-state index contributed by atoms with van der Waals surface area (Å²) in [4.78, 5) is 4.60. The van der Waals surface area contributed by atoms with Gasteiger partial charge in [-0.2, -0.15) is 0 Å². The van der Waals surface area contributed by atoms with Crippen LogP contribution in [0.3, 0.4) is 0 Å². The van der Waals surface area contributed by atoms with Crippen LogP contribution in [0.5, 0.6) is 5.75 Å². The fourth-order valence-electron chi connectivity index (χ4n) is 6.00. The van der Waals surface area contributed by atoms with Crippen molar-refractivity contribution in [2.45, 2.75) is 31.1 Å². The lowest BCUT2D eigenvalue weighted by molar-refractivity contribution is -0.958. The molecule has 3 aliphatic heterocycles. The van der Waals surface area contributed by atoms with Crippen molar-refractivity contribution in [1.29, 1.82) is 0 Å². The zero-order valence-corrected chi connectivity index (χ0v) is 21.9. The van der Waals surface area contributed by atoms with E-state index in [2.05, 4.69) is 4.98 Å². The third-order valence-corrected chi connectivity index (χ3v) is 8.34. The Balaban J connectivity index is 1.26. The Hall–Kier alpha value is -2.83. The second kappa shape index (κ2) is 9.80. The number of nitrogens with zero attached hydrogens (tertiary/aromatic N) is 2. The molecule has 37 heavy (non-hydrogen) atoms. The molecule has 7 rings (SSSR count). The summed E-state index contributed by atoms with van der Waals surface area (Å²) in [5.74, 6) is 2.29. The number of benzene rings is 3. The monoisotopic (exact) mass is 535 g/mol. The van der Waals surface area contributed by atoms with Gasteiger partial charge in [-0.05, 0) is 29.3 Å². The summed E-state index contributed by atoms with van der Waals surface area (Å²) in [7, 11) is 0. The van der Waals surface area contributed by atoms with Crippen molar-refractivity contribution >= 4 is 23.2 Å². The minimum atomic E-state index is -1.48. The van der Waals surface area contributed by atoms with E-state index in [1.165, 1.54) is 0 Å². The number of oxazole rings is 1. The van der Waals surface area contributed by atoms with Crippen molar-refractivity contribution in [3.8, 4) is 5.75 Å². The van der Waals surface area contributed by atoms with E-state index in [-0.39, 0.29) is 12.0 Å². The number of quaternary nitrogens is 1. The fourth-order valence-corrected chi connectivity index (χ4v) is 6.50. The number of piperidine rings is 3. The molecule has 0 aliphatic carbocycles. The molecule has 2 bridgehead atoms. The summed E-state index contributed by atoms with van der Waals surface area (Å²) in [5, 5.41) is 13.2. The Morgan fingerprint density at radius 3 is 2.11 bits per heavy atom. The summed E-state index contributed by atoms with van der Waals surface area (Å²) in [6.45, 7) is 3.72. The van der Waals surface area contributed by atoms with Crippen LogP contribution < -0.4 is 4.74 Å². The third-order valence-electron chi connectivity index (χ3n) is 7.90. The lowest BCUT2D eigenvalue weighted by atomic mass is 9.83. The van der Waals surface area contributed by atoms with Crippen LogP contribution in [0.2, 0.25) is 10.0 Å². The molecule has 3 aromatic carbocycles. The maximum Gasteiger partial charge on any atom is 0.236 e. The molecular weight excluding hydrogens is 507 g/mol. The Morgan fingerprint density at radius 1 is 0.919 bits per heavy atom. The van der Waals surface area contributed by atoms with E-state index in [0.717, 1.165) is 42.7 Å². The predicted octanol–water partition coefficient (Wildman–Crippen LogP) is 6.45. The van der Waals surface area contributed by atoms with Gasteiger partial charge in [0.15, 0.2) is 17.5 Å². The van der Waals surface area contributed by atoms with Crippen LogP contribution in [0.1, 0.15) is 35.6 Å². The standard InChI is InChI=1S/C30H29Cl2N2O3/c31-24-15-25(32)17-26(16-24)36-28-20-34(13-11-21(28)12-14-34)19-27-18-33-29(37-27)30(35,22-7-3-1-4-8-22)23-9-5-2-6-10-23/h1-10,15-18,21,28,35H,11-14,19-20H2/q+1/t21?,28-,34?/m0/s1. The molecule has 3 fully saturated rings. The number of halogens is 2. The van der Waals surface area contributed by atoms with Crippen LogP contribution in [0.25, 0.3) is 0 Å². The molecule has 5 nitrogen and oxygen atoms in total. The molecule has 0 saturated carbocycles. The number of aromatic nitrogens is 1. The number of hydrogen-bond acceptors (Lipinski definition) is 4. The Labute approximate surface area is 226 Å². The van der Waals surface area contributed by atoms with E-state index in [1.54, 1.807) is 12.3 Å². The SMILES string of the molecule is OC(c1ccccc1)(c1ccccc1)c1ncc(C[N+]23CCC(CC2)[C@@H](Oc2cc(Cl)cc(Cl)c2)C3)o1. The van der Waals surface area contributed by atoms with Crippen molar-refractivity contribution < 1.29 is 18.7 Å². The molecule has 3 aliphatic rings. The van der Waals surface area contributed by atoms with Crippen LogP contribution in [0.4, 0.5) is 0 Å². The lowest BCUT2D eigenvalue weighted by Crippen LogP contribution is -2.64. The first-order valence-corrected chi connectivity index (χ1v) is 13.5. The van der Waals surface area contributed by atoms with E-state index in [0.29, 0.717) is 39.4 Å². The Kier molecular flexibility index (Phi) is 6.49. The third kappa shape index (κ3) is 4.77. The smallest absolute Gasteiger partial charge is 0.236 e. The van der Waals surface area contributed by atoms with Gasteiger partial charge in [-0.25, -0.2) is 4.98 Å². The first-order chi connectivity index (χ1) is 17.9. The zero-order chi connectivity index (χ0) is 25.5. The maximum absolute atomic E-state index is 12.0. The van der Waals surface area contributed by atoms with Crippen LogP contribution in [-0.4, -0.2) is 40.3 Å². The first kappa shape index (κ1) is 24.5. The van der Waals surface area contributed by atoms with Gasteiger partial charge in [0.2, 0.25) is 5.89 Å². The predicted molar refractivity (Wildman–Crippen MR) is 144 cm³/mol. The van der Waals surface area contributed by atoms with Crippen molar-refractivity contribution in [3.05, 3.63) is 118 Å². The van der Waals surface area contributed by atoms with E-state index in [9.17, 15) is 5.11 Å². The molecule has 0 radical (unpaired) electrons. The van der Waals surface area contributed by atoms with Crippen molar-refractivity contribution in [2.24, 2.45) is 5.92 Å². The van der Waals surface area contributed by atoms with Crippen molar-refractivity contribution in [2.75, 3.05) is 19.6 Å². The topological polar surface area (TPSA) is 55.5 Å². The quantitative estimate of drug-likeness (QED) is 0.276. The van der Waals surface area contributed by atoms with Gasteiger partial charge >= 0.3 is 0 Å². The first-order valence-electron chi connectivity index (χ1n) is 12.7. The molecule has 190 valence electrons. The normalized spacial score (nSPS) is 23.2. The van der Waals surface area contributed by atoms with Gasteiger partial charge in [-0.15, -0.1) is 0 Å². The second-order valence-electron chi connectivity index (χ2n) is 10.3. The lowest BCUT2D eigenvalue weighted by Gasteiger charge is -2.51. The molecule has 0 spiro atoms. The van der Waals surface area contributed by atoms with E-state index in [1.807, 2.05) is 72.8 Å². The molecule has 1 atom stereocenters. The largest absolute Gasteiger partial charge is 0.484 e. The zero-order valence-electron chi connectivity index (χ0n) is 20.4. The Bertz CT molecular complexity index is 1310. The average molecular weight is 536 g/mol. The van der Waals surface area contributed by atoms with Gasteiger partial charge in [0, 0.05) is 28.8 Å². The summed E-state index contributed by atoms with van der Waals surface area (Å²) in [6, 6.07) is 24.5. The summed E-state index contributed by atoms with van der Waals surface area (Å²) in [5.41, 5.74) is -0.0455. The van der Waals surface area contributed by atoms with Crippen molar-refractivity contribution in [3.63, 3.8) is 0 Å². The van der Waals surface area contributed by atoms with Gasteiger partial charge in [-0.3, -0.25) is 0 Å². The van der Waals surface area contributed by atoms with Crippen LogP contribution in [0.15, 0.2) is 89.5 Å². The number of hydrogen-bond donors (Lipinski definition) is 1. The number of ether oxygens (including phenoxy) is 1. The van der Waals surface area contributed by atoms with E-state index in [4.69, 9.17) is 32.4 Å². The molecule has 1 aromatic heterocycles. The van der Waals surface area contributed by atoms with Gasteiger partial charge in [0.25, 0.3) is 0 Å². The molecule has 0 amide bonds. The Morgan fingerprint density at radius 2 is 1.51 bits per heavy atom. The summed E-state index contributed by atoms with van der Waals surface area (Å²) >= 11 is 12.4. The average Bonchev–Trinajstić information content (AvgIpc) is 3.37. The second-order valence-corrected chi connectivity index (χ2v) is 11.2. The summed E-state index contributed by atoms with van der Waals surface area (Å²) < 4.78 is 13.6. The molecule has 3 saturated heterocycles. The molecule has 7 heteroatoms. The van der Waals surface area contributed by atoms with E-state index < -0.39 is 5.60 Å². The highest BCUT2D eigenvalue weighted by Gasteiger charge is 2.48. The molecular formula is C30H29Cl2N2O3+. The minimum Gasteiger partial charge on any atom is -0.484 e. The van der Waals surface area contributed by atoms with Gasteiger partial charge in [0.05, 0.1) is 19.3 Å². The van der Waals surface area contributed by atoms with Crippen LogP contribution >= 0.6 is 23.2 Å². The van der Waals surface area contributed by atoms with Crippen LogP contribution in [-0.2, 0) is 12.1 Å². The maximum atomic E-state index is 12.0. The number of rotatable bonds is 7. The molecule has 0 unspecified atom stereocenters. The number of fused-ring (bicyclic) bond motifs is 3. The highest BCUT2D eigenvalue weighted by Crippen LogP contribution is 2.40. The molecule has 4 heterocycles. The van der Waals surface area contributed by atoms with Crippen molar-refractivity contribution in [1.82, 2.24) is 4.98 Å².